The monoisotopic (exact) mass is 342 g/mol. The third-order valence-corrected chi connectivity index (χ3v) is 4.70. The summed E-state index contributed by atoms with van der Waals surface area (Å²) in [5.74, 6) is -1.31. The molecule has 1 amide bonds. The number of primary amides is 1. The summed E-state index contributed by atoms with van der Waals surface area (Å²) in [6.07, 6.45) is 2.02. The Kier molecular flexibility index (Phi) is 3.46. The van der Waals surface area contributed by atoms with E-state index in [1.807, 2.05) is 4.90 Å². The minimum absolute atomic E-state index is 0.0239. The molecule has 1 spiro atoms. The van der Waals surface area contributed by atoms with Crippen LogP contribution in [0.15, 0.2) is 16.6 Å². The van der Waals surface area contributed by atoms with Gasteiger partial charge in [-0.25, -0.2) is 4.39 Å². The first-order valence-electron chi connectivity index (χ1n) is 6.62. The van der Waals surface area contributed by atoms with Crippen LogP contribution >= 0.6 is 15.9 Å². The number of halogens is 2. The lowest BCUT2D eigenvalue weighted by Crippen LogP contribution is -2.29. The number of carbonyl (C=O) groups excluding carboxylic acids is 1. The number of benzene rings is 1. The Balaban J connectivity index is 1.96. The van der Waals surface area contributed by atoms with Gasteiger partial charge in [-0.05, 0) is 25.0 Å². The number of hydrogen-bond acceptors (Lipinski definition) is 3. The first-order valence-corrected chi connectivity index (χ1v) is 7.42. The van der Waals surface area contributed by atoms with E-state index < -0.39 is 11.7 Å². The van der Waals surface area contributed by atoms with Crippen LogP contribution in [0.25, 0.3) is 0 Å². The molecule has 0 aliphatic carbocycles. The average Bonchev–Trinajstić information content (AvgIpc) is 2.99. The number of ether oxygens (including phenoxy) is 1. The van der Waals surface area contributed by atoms with Crippen LogP contribution in [-0.4, -0.2) is 32.2 Å². The lowest BCUT2D eigenvalue weighted by Gasteiger charge is -2.25. The first-order chi connectivity index (χ1) is 9.51. The van der Waals surface area contributed by atoms with Crippen molar-refractivity contribution in [3.63, 3.8) is 0 Å². The average molecular weight is 343 g/mol. The predicted octanol–water partition coefficient (Wildman–Crippen LogP) is 2.30. The molecule has 0 saturated carbocycles. The highest BCUT2D eigenvalue weighted by Gasteiger charge is 2.42. The van der Waals surface area contributed by atoms with Crippen molar-refractivity contribution in [1.29, 1.82) is 0 Å². The van der Waals surface area contributed by atoms with E-state index in [2.05, 4.69) is 15.9 Å². The molecule has 2 aliphatic heterocycles. The predicted molar refractivity (Wildman–Crippen MR) is 77.3 cm³/mol. The molecule has 0 radical (unpaired) electrons. The van der Waals surface area contributed by atoms with Crippen LogP contribution in [0, 0.1) is 11.2 Å². The van der Waals surface area contributed by atoms with Gasteiger partial charge in [0.05, 0.1) is 17.9 Å². The number of hydrogen-bond donors (Lipinski definition) is 1. The fourth-order valence-electron chi connectivity index (χ4n) is 3.17. The van der Waals surface area contributed by atoms with Gasteiger partial charge in [-0.15, -0.1) is 0 Å². The topological polar surface area (TPSA) is 55.6 Å². The van der Waals surface area contributed by atoms with Crippen molar-refractivity contribution in [2.45, 2.75) is 12.8 Å². The van der Waals surface area contributed by atoms with E-state index >= 15 is 0 Å². The van der Waals surface area contributed by atoms with Crippen LogP contribution in [0.1, 0.15) is 23.2 Å². The fraction of sp³-hybridized carbons (Fsp3) is 0.500. The molecule has 0 aromatic heterocycles. The van der Waals surface area contributed by atoms with Crippen LogP contribution in [0.5, 0.6) is 0 Å². The second-order valence-corrected chi connectivity index (χ2v) is 6.54. The zero-order valence-electron chi connectivity index (χ0n) is 11.0. The zero-order valence-corrected chi connectivity index (χ0v) is 12.6. The van der Waals surface area contributed by atoms with Crippen molar-refractivity contribution < 1.29 is 13.9 Å². The lowest BCUT2D eigenvalue weighted by atomic mass is 9.87. The van der Waals surface area contributed by atoms with E-state index in [4.69, 9.17) is 10.5 Å². The smallest absolute Gasteiger partial charge is 0.253 e. The highest BCUT2D eigenvalue weighted by molar-refractivity contribution is 9.10. The van der Waals surface area contributed by atoms with Gasteiger partial charge in [0.25, 0.3) is 5.91 Å². The maximum absolute atomic E-state index is 14.0. The molecule has 4 nitrogen and oxygen atoms in total. The van der Waals surface area contributed by atoms with Crippen LogP contribution in [-0.2, 0) is 4.74 Å². The normalized spacial score (nSPS) is 25.6. The van der Waals surface area contributed by atoms with Gasteiger partial charge in [0.15, 0.2) is 0 Å². The van der Waals surface area contributed by atoms with Crippen LogP contribution in [0.3, 0.4) is 0 Å². The third kappa shape index (κ3) is 2.31. The summed E-state index contributed by atoms with van der Waals surface area (Å²) in [6, 6.07) is 3.03. The summed E-state index contributed by atoms with van der Waals surface area (Å²) in [7, 11) is 0. The Morgan fingerprint density at radius 3 is 2.90 bits per heavy atom. The van der Waals surface area contributed by atoms with Crippen molar-refractivity contribution in [1.82, 2.24) is 0 Å². The Morgan fingerprint density at radius 2 is 2.25 bits per heavy atom. The van der Waals surface area contributed by atoms with Gasteiger partial charge in [-0.2, -0.15) is 0 Å². The van der Waals surface area contributed by atoms with Crippen LogP contribution in [0.4, 0.5) is 10.1 Å². The first kappa shape index (κ1) is 13.8. The molecule has 2 saturated heterocycles. The molecular weight excluding hydrogens is 327 g/mol. The highest BCUT2D eigenvalue weighted by atomic mass is 79.9. The number of nitrogens with two attached hydrogens (primary N) is 1. The van der Waals surface area contributed by atoms with Crippen molar-refractivity contribution in [3.8, 4) is 0 Å². The maximum Gasteiger partial charge on any atom is 0.253 e. The molecule has 1 aromatic carbocycles. The molecule has 2 aliphatic rings. The molecule has 3 rings (SSSR count). The summed E-state index contributed by atoms with van der Waals surface area (Å²) in [6.45, 7) is 3.10. The van der Waals surface area contributed by atoms with Gasteiger partial charge in [0.2, 0.25) is 0 Å². The van der Waals surface area contributed by atoms with Gasteiger partial charge in [0.1, 0.15) is 5.82 Å². The van der Waals surface area contributed by atoms with E-state index in [-0.39, 0.29) is 11.0 Å². The van der Waals surface area contributed by atoms with Crippen molar-refractivity contribution >= 4 is 27.5 Å². The van der Waals surface area contributed by atoms with E-state index in [1.165, 1.54) is 6.07 Å². The van der Waals surface area contributed by atoms with E-state index in [1.54, 1.807) is 6.07 Å². The molecule has 1 unspecified atom stereocenters. The molecule has 1 atom stereocenters. The van der Waals surface area contributed by atoms with Crippen molar-refractivity contribution in [3.05, 3.63) is 28.0 Å². The quantitative estimate of drug-likeness (QED) is 0.897. The SMILES string of the molecule is NC(=O)c1c(F)cc(Br)cc1N1CCC2(CCOC2)C1. The molecule has 108 valence electrons. The van der Waals surface area contributed by atoms with Gasteiger partial charge >= 0.3 is 0 Å². The number of anilines is 1. The van der Waals surface area contributed by atoms with E-state index in [0.717, 1.165) is 39.1 Å². The number of rotatable bonds is 2. The third-order valence-electron chi connectivity index (χ3n) is 4.24. The summed E-state index contributed by atoms with van der Waals surface area (Å²) in [5, 5.41) is 0. The number of carbonyl (C=O) groups is 1. The molecule has 20 heavy (non-hydrogen) atoms. The lowest BCUT2D eigenvalue weighted by molar-refractivity contribution is 0.0997. The minimum Gasteiger partial charge on any atom is -0.381 e. The Morgan fingerprint density at radius 1 is 1.45 bits per heavy atom. The Hall–Kier alpha value is -1.14. The van der Waals surface area contributed by atoms with Crippen molar-refractivity contribution in [2.75, 3.05) is 31.2 Å². The largest absolute Gasteiger partial charge is 0.381 e. The molecular formula is C14H16BrFN2O2. The molecule has 1 aromatic rings. The second-order valence-electron chi connectivity index (χ2n) is 5.62. The molecule has 2 N–H and O–H groups in total. The summed E-state index contributed by atoms with van der Waals surface area (Å²) in [4.78, 5) is 13.6. The number of amides is 1. The Bertz CT molecular complexity index is 558. The zero-order chi connectivity index (χ0) is 14.3. The molecule has 6 heteroatoms. The summed E-state index contributed by atoms with van der Waals surface area (Å²) >= 11 is 3.27. The van der Waals surface area contributed by atoms with Crippen LogP contribution in [0.2, 0.25) is 0 Å². The second kappa shape index (κ2) is 5.00. The summed E-state index contributed by atoms with van der Waals surface area (Å²) < 4.78 is 20.1. The Labute approximate surface area is 125 Å². The van der Waals surface area contributed by atoms with Gasteiger partial charge in [-0.1, -0.05) is 15.9 Å². The molecule has 0 bridgehead atoms. The highest BCUT2D eigenvalue weighted by Crippen LogP contribution is 2.41. The summed E-state index contributed by atoms with van der Waals surface area (Å²) in [5.41, 5.74) is 6.03. The standard InChI is InChI=1S/C14H16BrFN2O2/c15-9-5-10(16)12(13(17)19)11(6-9)18-3-1-14(7-18)2-4-20-8-14/h5-6H,1-4,7-8H2,(H2,17,19). The van der Waals surface area contributed by atoms with Crippen LogP contribution < -0.4 is 10.6 Å². The minimum atomic E-state index is -0.728. The van der Waals surface area contributed by atoms with E-state index in [9.17, 15) is 9.18 Å². The van der Waals surface area contributed by atoms with Gasteiger partial charge in [0, 0.05) is 29.6 Å². The number of nitrogens with zero attached hydrogens (tertiary/aromatic N) is 1. The molecule has 2 fully saturated rings. The van der Waals surface area contributed by atoms with Gasteiger partial charge < -0.3 is 15.4 Å². The molecule has 2 heterocycles. The van der Waals surface area contributed by atoms with Crippen molar-refractivity contribution in [2.24, 2.45) is 11.1 Å². The van der Waals surface area contributed by atoms with Gasteiger partial charge in [-0.3, -0.25) is 4.79 Å². The fourth-order valence-corrected chi connectivity index (χ4v) is 3.58. The van der Waals surface area contributed by atoms with E-state index in [0.29, 0.717) is 10.2 Å². The maximum atomic E-state index is 14.0.